The van der Waals surface area contributed by atoms with Crippen molar-refractivity contribution in [3.05, 3.63) is 60.4 Å². The van der Waals surface area contributed by atoms with Crippen LogP contribution in [0.3, 0.4) is 0 Å². The Kier molecular flexibility index (Phi) is 6.77. The fourth-order valence-electron chi connectivity index (χ4n) is 3.00. The number of hydrogen-bond donors (Lipinski definition) is 1. The number of hydrogen-bond acceptors (Lipinski definition) is 4. The molecule has 0 aliphatic rings. The quantitative estimate of drug-likeness (QED) is 0.570. The van der Waals surface area contributed by atoms with Gasteiger partial charge in [0, 0.05) is 25.9 Å². The van der Waals surface area contributed by atoms with E-state index in [0.29, 0.717) is 0 Å². The van der Waals surface area contributed by atoms with Gasteiger partial charge < -0.3 is 15.0 Å². The summed E-state index contributed by atoms with van der Waals surface area (Å²) in [5, 5.41) is 3.52. The van der Waals surface area contributed by atoms with Gasteiger partial charge in [0.2, 0.25) is 0 Å². The van der Waals surface area contributed by atoms with E-state index in [1.54, 1.807) is 7.11 Å². The number of ether oxygens (including phenoxy) is 1. The molecule has 3 rings (SSSR count). The first-order valence-electron chi connectivity index (χ1n) is 9.17. The molecule has 5 nitrogen and oxygen atoms in total. The van der Waals surface area contributed by atoms with E-state index in [9.17, 15) is 0 Å². The van der Waals surface area contributed by atoms with E-state index in [0.717, 1.165) is 55.9 Å². The molecule has 0 amide bonds. The summed E-state index contributed by atoms with van der Waals surface area (Å²) in [4.78, 5) is 6.76. The maximum absolute atomic E-state index is 5.09. The Balaban J connectivity index is 1.46. The third-order valence-electron chi connectivity index (χ3n) is 4.57. The highest BCUT2D eigenvalue weighted by Gasteiger charge is 2.04. The van der Waals surface area contributed by atoms with Gasteiger partial charge in [-0.05, 0) is 56.4 Å². The number of fused-ring (bicyclic) bond motifs is 1. The zero-order valence-electron chi connectivity index (χ0n) is 15.7. The van der Waals surface area contributed by atoms with Gasteiger partial charge >= 0.3 is 0 Å². The van der Waals surface area contributed by atoms with Crippen LogP contribution in [0.15, 0.2) is 54.9 Å². The van der Waals surface area contributed by atoms with Gasteiger partial charge in [0.15, 0.2) is 0 Å². The molecule has 26 heavy (non-hydrogen) atoms. The second-order valence-corrected chi connectivity index (χ2v) is 6.60. The summed E-state index contributed by atoms with van der Waals surface area (Å²) in [5.41, 5.74) is 4.60. The maximum atomic E-state index is 5.09. The Morgan fingerprint density at radius 2 is 1.88 bits per heavy atom. The highest BCUT2D eigenvalue weighted by atomic mass is 16.5. The number of nitrogens with one attached hydrogen (secondary N) is 1. The Bertz CT molecular complexity index is 797. The van der Waals surface area contributed by atoms with E-state index in [1.165, 1.54) is 5.56 Å². The predicted octanol–water partition coefficient (Wildman–Crippen LogP) is 3.08. The van der Waals surface area contributed by atoms with Crippen molar-refractivity contribution < 1.29 is 4.74 Å². The predicted molar refractivity (Wildman–Crippen MR) is 107 cm³/mol. The number of methoxy groups -OCH3 is 1. The Morgan fingerprint density at radius 3 is 2.69 bits per heavy atom. The molecule has 0 bridgehead atoms. The van der Waals surface area contributed by atoms with Crippen LogP contribution in [0.25, 0.3) is 16.7 Å². The summed E-state index contributed by atoms with van der Waals surface area (Å²) in [7, 11) is 3.88. The number of imidazole rings is 1. The van der Waals surface area contributed by atoms with Gasteiger partial charge in [-0.2, -0.15) is 0 Å². The molecule has 0 fully saturated rings. The second kappa shape index (κ2) is 9.48. The van der Waals surface area contributed by atoms with Crippen LogP contribution in [0.1, 0.15) is 12.0 Å². The van der Waals surface area contributed by atoms with Crippen LogP contribution in [0, 0.1) is 0 Å². The van der Waals surface area contributed by atoms with E-state index < -0.39 is 0 Å². The highest BCUT2D eigenvalue weighted by molar-refractivity contribution is 5.77. The van der Waals surface area contributed by atoms with Gasteiger partial charge in [0.05, 0.1) is 17.6 Å². The van der Waals surface area contributed by atoms with Gasteiger partial charge in [-0.25, -0.2) is 4.98 Å². The minimum Gasteiger partial charge on any atom is -0.383 e. The summed E-state index contributed by atoms with van der Waals surface area (Å²) in [5.74, 6) is 0. The van der Waals surface area contributed by atoms with Crippen molar-refractivity contribution in [3.8, 4) is 5.69 Å². The van der Waals surface area contributed by atoms with Gasteiger partial charge in [0.25, 0.3) is 0 Å². The van der Waals surface area contributed by atoms with Crippen LogP contribution in [0.4, 0.5) is 0 Å². The topological polar surface area (TPSA) is 42.3 Å². The third-order valence-corrected chi connectivity index (χ3v) is 4.57. The van der Waals surface area contributed by atoms with Crippen LogP contribution in [-0.4, -0.2) is 54.8 Å². The van der Waals surface area contributed by atoms with E-state index >= 15 is 0 Å². The molecule has 0 aliphatic carbocycles. The van der Waals surface area contributed by atoms with E-state index in [2.05, 4.69) is 57.1 Å². The SMILES string of the molecule is COCCN(C)CCCNCc1ccc(-n2cnc3ccccc32)cc1. The molecule has 0 saturated heterocycles. The van der Waals surface area contributed by atoms with E-state index in [4.69, 9.17) is 4.74 Å². The Labute approximate surface area is 155 Å². The molecular weight excluding hydrogens is 324 g/mol. The molecule has 0 spiro atoms. The van der Waals surface area contributed by atoms with Gasteiger partial charge in [-0.15, -0.1) is 0 Å². The summed E-state index contributed by atoms with van der Waals surface area (Å²) in [6.07, 6.45) is 3.03. The fraction of sp³-hybridized carbons (Fsp3) is 0.381. The molecule has 1 heterocycles. The zero-order valence-corrected chi connectivity index (χ0v) is 15.7. The minimum absolute atomic E-state index is 0.794. The number of likely N-dealkylation sites (N-methyl/N-ethyl adjacent to an activating group) is 1. The fourth-order valence-corrected chi connectivity index (χ4v) is 3.00. The molecular formula is C21H28N4O. The third kappa shape index (κ3) is 4.91. The molecule has 0 aliphatic heterocycles. The number of nitrogens with zero attached hydrogens (tertiary/aromatic N) is 3. The van der Waals surface area contributed by atoms with Crippen LogP contribution in [0.5, 0.6) is 0 Å². The van der Waals surface area contributed by atoms with Crippen LogP contribution < -0.4 is 5.32 Å². The molecule has 1 N–H and O–H groups in total. The lowest BCUT2D eigenvalue weighted by Crippen LogP contribution is -2.26. The number of benzene rings is 2. The largest absolute Gasteiger partial charge is 0.383 e. The summed E-state index contributed by atoms with van der Waals surface area (Å²) in [6.45, 7) is 4.78. The molecule has 5 heteroatoms. The van der Waals surface area contributed by atoms with Crippen molar-refractivity contribution in [2.24, 2.45) is 0 Å². The lowest BCUT2D eigenvalue weighted by Gasteiger charge is -2.15. The van der Waals surface area contributed by atoms with Gasteiger partial charge in [-0.1, -0.05) is 24.3 Å². The lowest BCUT2D eigenvalue weighted by molar-refractivity contribution is 0.160. The maximum Gasteiger partial charge on any atom is 0.100 e. The minimum atomic E-state index is 0.794. The average molecular weight is 352 g/mol. The Hall–Kier alpha value is -2.21. The van der Waals surface area contributed by atoms with Crippen LogP contribution >= 0.6 is 0 Å². The van der Waals surface area contributed by atoms with E-state index in [1.807, 2.05) is 24.5 Å². The molecule has 138 valence electrons. The van der Waals surface area contributed by atoms with Crippen molar-refractivity contribution in [1.29, 1.82) is 0 Å². The van der Waals surface area contributed by atoms with Crippen molar-refractivity contribution in [3.63, 3.8) is 0 Å². The van der Waals surface area contributed by atoms with Crippen LogP contribution in [-0.2, 0) is 11.3 Å². The van der Waals surface area contributed by atoms with Crippen molar-refractivity contribution >= 4 is 11.0 Å². The first-order chi connectivity index (χ1) is 12.8. The molecule has 0 saturated carbocycles. The second-order valence-electron chi connectivity index (χ2n) is 6.60. The standard InChI is InChI=1S/C21H28N4O/c1-24(14-15-26-2)13-5-12-22-16-18-8-10-19(11-9-18)25-17-23-20-6-3-4-7-21(20)25/h3-4,6-11,17,22H,5,12-16H2,1-2H3. The van der Waals surface area contributed by atoms with Gasteiger partial charge in [0.1, 0.15) is 6.33 Å². The number of rotatable bonds is 10. The average Bonchev–Trinajstić information content (AvgIpc) is 3.11. The lowest BCUT2D eigenvalue weighted by atomic mass is 10.2. The van der Waals surface area contributed by atoms with Gasteiger partial charge in [-0.3, -0.25) is 4.57 Å². The number of aromatic nitrogens is 2. The van der Waals surface area contributed by atoms with Crippen LogP contribution in [0.2, 0.25) is 0 Å². The Morgan fingerprint density at radius 1 is 1.08 bits per heavy atom. The first kappa shape index (κ1) is 18.6. The molecule has 3 aromatic rings. The van der Waals surface area contributed by atoms with Crippen molar-refractivity contribution in [2.75, 3.05) is 40.4 Å². The monoisotopic (exact) mass is 352 g/mol. The zero-order chi connectivity index (χ0) is 18.2. The first-order valence-corrected chi connectivity index (χ1v) is 9.17. The molecule has 0 atom stereocenters. The summed E-state index contributed by atoms with van der Waals surface area (Å²) in [6, 6.07) is 16.9. The normalized spacial score (nSPS) is 11.5. The number of para-hydroxylation sites is 2. The van der Waals surface area contributed by atoms with Crippen molar-refractivity contribution in [1.82, 2.24) is 19.8 Å². The van der Waals surface area contributed by atoms with E-state index in [-0.39, 0.29) is 0 Å². The van der Waals surface area contributed by atoms with Crippen molar-refractivity contribution in [2.45, 2.75) is 13.0 Å². The summed E-state index contributed by atoms with van der Waals surface area (Å²) >= 11 is 0. The molecule has 1 aromatic heterocycles. The molecule has 2 aromatic carbocycles. The smallest absolute Gasteiger partial charge is 0.100 e. The summed E-state index contributed by atoms with van der Waals surface area (Å²) < 4.78 is 7.22. The molecule has 0 radical (unpaired) electrons. The molecule has 0 unspecified atom stereocenters. The highest BCUT2D eigenvalue weighted by Crippen LogP contribution is 2.18.